The second-order valence-electron chi connectivity index (χ2n) is 14.8. The third kappa shape index (κ3) is 4.74. The standard InChI is InChI=1S/C53H31N3/c1-2-9-32(10-3-1)33-19-24-37(25-20-33)53-55-47(30-48(56-53)41-27-38-11-4-5-18-46(38)54-31-41)40-28-39-26-23-36-13-7-16-43-42-15-6-12-34-21-22-35-14-8-17-44(51(35)49(34)42)45(29-40)52(39)50(36)43/h1-31H. The van der Waals surface area contributed by atoms with Gasteiger partial charge in [0.15, 0.2) is 5.82 Å². The third-order valence-corrected chi connectivity index (χ3v) is 11.6. The van der Waals surface area contributed by atoms with E-state index in [-0.39, 0.29) is 0 Å². The highest BCUT2D eigenvalue weighted by Gasteiger charge is 2.18. The van der Waals surface area contributed by atoms with Crippen LogP contribution in [0.4, 0.5) is 0 Å². The zero-order chi connectivity index (χ0) is 36.7. The minimum atomic E-state index is 0.676. The highest BCUT2D eigenvalue weighted by molar-refractivity contribution is 6.37. The van der Waals surface area contributed by atoms with E-state index in [1.165, 1.54) is 70.2 Å². The van der Waals surface area contributed by atoms with Crippen molar-refractivity contribution >= 4 is 75.5 Å². The van der Waals surface area contributed by atoms with Crippen LogP contribution in [0.3, 0.4) is 0 Å². The van der Waals surface area contributed by atoms with Gasteiger partial charge in [-0.15, -0.1) is 0 Å². The Morgan fingerprint density at radius 3 is 1.46 bits per heavy atom. The Bertz CT molecular complexity index is 3510. The minimum absolute atomic E-state index is 0.676. The van der Waals surface area contributed by atoms with E-state index in [1.54, 1.807) is 0 Å². The molecule has 0 bridgehead atoms. The summed E-state index contributed by atoms with van der Waals surface area (Å²) in [6, 6.07) is 65.6. The van der Waals surface area contributed by atoms with E-state index in [2.05, 4.69) is 164 Å². The first-order chi connectivity index (χ1) is 27.7. The van der Waals surface area contributed by atoms with E-state index in [1.807, 2.05) is 24.4 Å². The van der Waals surface area contributed by atoms with Crippen molar-refractivity contribution < 1.29 is 0 Å². The van der Waals surface area contributed by atoms with Crippen molar-refractivity contribution in [3.63, 3.8) is 0 Å². The summed E-state index contributed by atoms with van der Waals surface area (Å²) in [6.07, 6.45) is 1.93. The topological polar surface area (TPSA) is 38.7 Å². The van der Waals surface area contributed by atoms with Gasteiger partial charge in [-0.05, 0) is 106 Å². The van der Waals surface area contributed by atoms with Crippen LogP contribution in [0.2, 0.25) is 0 Å². The number of para-hydroxylation sites is 1. The Morgan fingerprint density at radius 2 is 0.786 bits per heavy atom. The SMILES string of the molecule is c1ccc(-c2ccc(-c3nc(-c4cnc5ccccc5c4)cc(-c4cc5ccc6cccc7c8cccc9ccc%10cccc(c(c4)c5c67)c%10c98)n3)cc2)cc1. The monoisotopic (exact) mass is 709 g/mol. The van der Waals surface area contributed by atoms with E-state index < -0.39 is 0 Å². The molecule has 0 unspecified atom stereocenters. The van der Waals surface area contributed by atoms with Gasteiger partial charge in [0.25, 0.3) is 0 Å². The predicted molar refractivity (Wildman–Crippen MR) is 235 cm³/mol. The first-order valence-electron chi connectivity index (χ1n) is 19.1. The summed E-state index contributed by atoms with van der Waals surface area (Å²) >= 11 is 0. The molecule has 0 fully saturated rings. The van der Waals surface area contributed by atoms with Gasteiger partial charge in [-0.1, -0.05) is 152 Å². The molecule has 2 aromatic heterocycles. The van der Waals surface area contributed by atoms with E-state index in [4.69, 9.17) is 15.0 Å². The summed E-state index contributed by atoms with van der Waals surface area (Å²) in [5, 5.41) is 16.1. The summed E-state index contributed by atoms with van der Waals surface area (Å²) in [5.74, 6) is 0.676. The van der Waals surface area contributed by atoms with Gasteiger partial charge < -0.3 is 0 Å². The fourth-order valence-electron chi connectivity index (χ4n) is 8.96. The van der Waals surface area contributed by atoms with Crippen molar-refractivity contribution in [3.05, 3.63) is 188 Å². The number of hydrogen-bond acceptors (Lipinski definition) is 3. The Morgan fingerprint density at radius 1 is 0.286 bits per heavy atom. The third-order valence-electron chi connectivity index (χ3n) is 11.6. The van der Waals surface area contributed by atoms with Crippen LogP contribution in [0.1, 0.15) is 0 Å². The van der Waals surface area contributed by atoms with E-state index >= 15 is 0 Å². The van der Waals surface area contributed by atoms with E-state index in [0.717, 1.165) is 44.5 Å². The molecule has 0 saturated heterocycles. The lowest BCUT2D eigenvalue weighted by Crippen LogP contribution is -1.97. The average molecular weight is 710 g/mol. The van der Waals surface area contributed by atoms with Crippen molar-refractivity contribution in [1.29, 1.82) is 0 Å². The summed E-state index contributed by atoms with van der Waals surface area (Å²) in [7, 11) is 0. The predicted octanol–water partition coefficient (Wildman–Crippen LogP) is 14.0. The van der Waals surface area contributed by atoms with E-state index in [9.17, 15) is 0 Å². The van der Waals surface area contributed by atoms with Crippen LogP contribution in [0.25, 0.3) is 121 Å². The number of pyridine rings is 1. The van der Waals surface area contributed by atoms with Gasteiger partial charge >= 0.3 is 0 Å². The molecule has 2 heterocycles. The van der Waals surface area contributed by atoms with Crippen LogP contribution < -0.4 is 0 Å². The summed E-state index contributed by atoms with van der Waals surface area (Å²) < 4.78 is 0. The van der Waals surface area contributed by atoms with Crippen LogP contribution >= 0.6 is 0 Å². The molecule has 3 nitrogen and oxygen atoms in total. The molecule has 258 valence electrons. The molecule has 12 aromatic rings. The fourth-order valence-corrected chi connectivity index (χ4v) is 8.96. The smallest absolute Gasteiger partial charge is 0.160 e. The molecule has 0 N–H and O–H groups in total. The molecule has 0 saturated carbocycles. The van der Waals surface area contributed by atoms with Gasteiger partial charge in [-0.25, -0.2) is 9.97 Å². The van der Waals surface area contributed by atoms with Gasteiger partial charge in [0.1, 0.15) is 0 Å². The summed E-state index contributed by atoms with van der Waals surface area (Å²) in [4.78, 5) is 15.4. The second kappa shape index (κ2) is 12.0. The van der Waals surface area contributed by atoms with Crippen molar-refractivity contribution in [1.82, 2.24) is 15.0 Å². The normalized spacial score (nSPS) is 11.9. The zero-order valence-corrected chi connectivity index (χ0v) is 30.2. The molecule has 0 atom stereocenters. The molecule has 3 heteroatoms. The molecule has 56 heavy (non-hydrogen) atoms. The Labute approximate surface area is 322 Å². The van der Waals surface area contributed by atoms with Crippen molar-refractivity contribution in [2.45, 2.75) is 0 Å². The largest absolute Gasteiger partial charge is 0.256 e. The fraction of sp³-hybridized carbons (Fsp3) is 0. The molecule has 0 spiro atoms. The van der Waals surface area contributed by atoms with Gasteiger partial charge in [0, 0.05) is 28.3 Å². The van der Waals surface area contributed by atoms with Crippen LogP contribution in [-0.2, 0) is 0 Å². The van der Waals surface area contributed by atoms with Crippen LogP contribution in [0.5, 0.6) is 0 Å². The lowest BCUT2D eigenvalue weighted by atomic mass is 9.87. The second-order valence-corrected chi connectivity index (χ2v) is 14.8. The molecule has 0 aliphatic carbocycles. The molecule has 0 aliphatic heterocycles. The quantitative estimate of drug-likeness (QED) is 0.171. The number of rotatable bonds is 4. The van der Waals surface area contributed by atoms with Crippen molar-refractivity contribution in [2.24, 2.45) is 0 Å². The number of hydrogen-bond donors (Lipinski definition) is 0. The average Bonchev–Trinajstić information content (AvgIpc) is 3.27. The summed E-state index contributed by atoms with van der Waals surface area (Å²) in [5.41, 5.74) is 7.95. The first-order valence-corrected chi connectivity index (χ1v) is 19.1. The molecule has 12 rings (SSSR count). The van der Waals surface area contributed by atoms with Crippen molar-refractivity contribution in [2.75, 3.05) is 0 Å². The molecule has 10 aromatic carbocycles. The Hall–Kier alpha value is -7.49. The highest BCUT2D eigenvalue weighted by Crippen LogP contribution is 2.44. The van der Waals surface area contributed by atoms with Crippen LogP contribution in [0.15, 0.2) is 188 Å². The van der Waals surface area contributed by atoms with Gasteiger partial charge in [0.05, 0.1) is 16.9 Å². The number of aromatic nitrogens is 3. The van der Waals surface area contributed by atoms with Crippen molar-refractivity contribution in [3.8, 4) is 45.0 Å². The van der Waals surface area contributed by atoms with E-state index in [0.29, 0.717) is 5.82 Å². The van der Waals surface area contributed by atoms with Gasteiger partial charge in [-0.3, -0.25) is 4.98 Å². The van der Waals surface area contributed by atoms with Crippen LogP contribution in [-0.4, -0.2) is 15.0 Å². The number of nitrogens with zero attached hydrogens (tertiary/aromatic N) is 3. The molecule has 0 amide bonds. The molecular formula is C53H31N3. The maximum Gasteiger partial charge on any atom is 0.160 e. The summed E-state index contributed by atoms with van der Waals surface area (Å²) in [6.45, 7) is 0. The molecule has 0 aliphatic rings. The molecule has 0 radical (unpaired) electrons. The lowest BCUT2D eigenvalue weighted by Gasteiger charge is -2.17. The Balaban J connectivity index is 1.16. The lowest BCUT2D eigenvalue weighted by molar-refractivity contribution is 1.18. The van der Waals surface area contributed by atoms with Gasteiger partial charge in [0.2, 0.25) is 0 Å². The highest BCUT2D eigenvalue weighted by atomic mass is 14.9. The van der Waals surface area contributed by atoms with Crippen LogP contribution in [0, 0.1) is 0 Å². The maximum absolute atomic E-state index is 5.36. The number of fused-ring (bicyclic) bond motifs is 3. The molecular weight excluding hydrogens is 679 g/mol. The number of benzene rings is 9. The van der Waals surface area contributed by atoms with Gasteiger partial charge in [-0.2, -0.15) is 0 Å². The first kappa shape index (κ1) is 30.9. The minimum Gasteiger partial charge on any atom is -0.256 e. The Kier molecular flexibility index (Phi) is 6.63. The zero-order valence-electron chi connectivity index (χ0n) is 30.2. The maximum atomic E-state index is 5.36.